The van der Waals surface area contributed by atoms with Crippen LogP contribution in [-0.2, 0) is 13.0 Å². The molecule has 1 aromatic carbocycles. The van der Waals surface area contributed by atoms with Crippen molar-refractivity contribution >= 4 is 0 Å². The molecule has 0 fully saturated rings. The highest BCUT2D eigenvalue weighted by atomic mass is 15.1. The summed E-state index contributed by atoms with van der Waals surface area (Å²) in [4.78, 5) is 0. The highest BCUT2D eigenvalue weighted by Gasteiger charge is 2.18. The minimum Gasteiger partial charge on any atom is -0.349 e. The molecule has 16 heavy (non-hydrogen) atoms. The van der Waals surface area contributed by atoms with E-state index in [1.165, 1.54) is 11.3 Å². The van der Waals surface area contributed by atoms with Gasteiger partial charge in [-0.3, -0.25) is 0 Å². The SMILES string of the molecule is c1ccc(C[C@H]2NCCn3cccc32)cc1. The van der Waals surface area contributed by atoms with Crippen LogP contribution in [0.2, 0.25) is 0 Å². The zero-order chi connectivity index (χ0) is 10.8. The van der Waals surface area contributed by atoms with Gasteiger partial charge in [0.25, 0.3) is 0 Å². The van der Waals surface area contributed by atoms with Crippen LogP contribution in [0.3, 0.4) is 0 Å². The Labute approximate surface area is 95.9 Å². The number of nitrogens with zero attached hydrogens (tertiary/aromatic N) is 1. The minimum atomic E-state index is 0.464. The van der Waals surface area contributed by atoms with Crippen LogP contribution in [-0.4, -0.2) is 11.1 Å². The molecule has 1 atom stereocenters. The van der Waals surface area contributed by atoms with Gasteiger partial charge in [-0.25, -0.2) is 0 Å². The first-order valence-electron chi connectivity index (χ1n) is 5.86. The molecule has 0 bridgehead atoms. The average Bonchev–Trinajstić information content (AvgIpc) is 2.80. The van der Waals surface area contributed by atoms with Crippen molar-refractivity contribution in [1.29, 1.82) is 0 Å². The Morgan fingerprint density at radius 1 is 1.12 bits per heavy atom. The van der Waals surface area contributed by atoms with Crippen molar-refractivity contribution in [1.82, 2.24) is 9.88 Å². The monoisotopic (exact) mass is 212 g/mol. The lowest BCUT2D eigenvalue weighted by Gasteiger charge is -2.26. The van der Waals surface area contributed by atoms with E-state index in [9.17, 15) is 0 Å². The second-order valence-corrected chi connectivity index (χ2v) is 4.32. The smallest absolute Gasteiger partial charge is 0.0516 e. The Hall–Kier alpha value is -1.54. The van der Waals surface area contributed by atoms with E-state index in [2.05, 4.69) is 58.5 Å². The molecule has 1 aliphatic rings. The third kappa shape index (κ3) is 1.76. The number of rotatable bonds is 2. The fraction of sp³-hybridized carbons (Fsp3) is 0.286. The summed E-state index contributed by atoms with van der Waals surface area (Å²) in [7, 11) is 0. The maximum Gasteiger partial charge on any atom is 0.0516 e. The molecule has 1 aliphatic heterocycles. The van der Waals surface area contributed by atoms with E-state index >= 15 is 0 Å². The summed E-state index contributed by atoms with van der Waals surface area (Å²) >= 11 is 0. The lowest BCUT2D eigenvalue weighted by molar-refractivity contribution is 0.423. The fourth-order valence-corrected chi connectivity index (χ4v) is 2.44. The van der Waals surface area contributed by atoms with Gasteiger partial charge in [-0.05, 0) is 24.1 Å². The van der Waals surface area contributed by atoms with Crippen molar-refractivity contribution in [2.24, 2.45) is 0 Å². The predicted octanol–water partition coefficient (Wildman–Crippen LogP) is 2.38. The lowest BCUT2D eigenvalue weighted by Crippen LogP contribution is -2.33. The van der Waals surface area contributed by atoms with Gasteiger partial charge < -0.3 is 9.88 Å². The molecule has 0 aliphatic carbocycles. The topological polar surface area (TPSA) is 17.0 Å². The minimum absolute atomic E-state index is 0.464. The van der Waals surface area contributed by atoms with Crippen LogP contribution in [0.1, 0.15) is 17.3 Å². The number of hydrogen-bond acceptors (Lipinski definition) is 1. The highest BCUT2D eigenvalue weighted by Crippen LogP contribution is 2.21. The van der Waals surface area contributed by atoms with Crippen molar-refractivity contribution in [3.63, 3.8) is 0 Å². The van der Waals surface area contributed by atoms with Crippen LogP contribution >= 0.6 is 0 Å². The van der Waals surface area contributed by atoms with Crippen molar-refractivity contribution < 1.29 is 0 Å². The predicted molar refractivity (Wildman–Crippen MR) is 65.3 cm³/mol. The molecule has 0 spiro atoms. The van der Waals surface area contributed by atoms with Gasteiger partial charge in [-0.1, -0.05) is 30.3 Å². The molecule has 0 amide bonds. The Morgan fingerprint density at radius 2 is 2.00 bits per heavy atom. The van der Waals surface area contributed by atoms with Crippen molar-refractivity contribution in [3.8, 4) is 0 Å². The lowest BCUT2D eigenvalue weighted by atomic mass is 10.0. The Balaban J connectivity index is 1.83. The standard InChI is InChI=1S/C14H16N2/c1-2-5-12(6-3-1)11-13-14-7-4-9-16(14)10-8-15-13/h1-7,9,13,15H,8,10-11H2/t13-/m1/s1. The van der Waals surface area contributed by atoms with Gasteiger partial charge in [-0.2, -0.15) is 0 Å². The third-order valence-electron chi connectivity index (χ3n) is 3.25. The summed E-state index contributed by atoms with van der Waals surface area (Å²) in [6.07, 6.45) is 3.25. The number of hydrogen-bond donors (Lipinski definition) is 1. The Kier molecular flexibility index (Phi) is 2.50. The average molecular weight is 212 g/mol. The molecule has 3 rings (SSSR count). The molecule has 2 heteroatoms. The first-order valence-corrected chi connectivity index (χ1v) is 5.86. The van der Waals surface area contributed by atoms with Crippen molar-refractivity contribution in [2.75, 3.05) is 6.54 Å². The maximum absolute atomic E-state index is 3.59. The molecule has 0 saturated carbocycles. The molecule has 1 aromatic heterocycles. The molecule has 0 radical (unpaired) electrons. The molecule has 2 heterocycles. The van der Waals surface area contributed by atoms with Gasteiger partial charge in [-0.15, -0.1) is 0 Å². The molecular formula is C14H16N2. The quantitative estimate of drug-likeness (QED) is 0.808. The van der Waals surface area contributed by atoms with Crippen LogP contribution in [0.25, 0.3) is 0 Å². The number of aromatic nitrogens is 1. The van der Waals surface area contributed by atoms with Gasteiger partial charge in [0.1, 0.15) is 0 Å². The summed E-state index contributed by atoms with van der Waals surface area (Å²) in [6.45, 7) is 2.16. The summed E-state index contributed by atoms with van der Waals surface area (Å²) in [5, 5.41) is 3.59. The zero-order valence-corrected chi connectivity index (χ0v) is 9.26. The van der Waals surface area contributed by atoms with Gasteiger partial charge in [0.15, 0.2) is 0 Å². The Morgan fingerprint density at radius 3 is 2.88 bits per heavy atom. The number of fused-ring (bicyclic) bond motifs is 1. The molecular weight excluding hydrogens is 196 g/mol. The first-order chi connectivity index (χ1) is 7.93. The summed E-state index contributed by atoms with van der Waals surface area (Å²) in [5.74, 6) is 0. The van der Waals surface area contributed by atoms with Gasteiger partial charge >= 0.3 is 0 Å². The van der Waals surface area contributed by atoms with Gasteiger partial charge in [0.05, 0.1) is 6.04 Å². The van der Waals surface area contributed by atoms with E-state index in [0.717, 1.165) is 19.5 Å². The number of nitrogens with one attached hydrogen (secondary N) is 1. The second-order valence-electron chi connectivity index (χ2n) is 4.32. The molecule has 82 valence electrons. The molecule has 1 N–H and O–H groups in total. The van der Waals surface area contributed by atoms with E-state index in [-0.39, 0.29) is 0 Å². The van der Waals surface area contributed by atoms with Gasteiger partial charge in [0, 0.05) is 25.0 Å². The van der Waals surface area contributed by atoms with Crippen molar-refractivity contribution in [3.05, 3.63) is 59.9 Å². The zero-order valence-electron chi connectivity index (χ0n) is 9.26. The second kappa shape index (κ2) is 4.14. The molecule has 2 nitrogen and oxygen atoms in total. The maximum atomic E-state index is 3.59. The van der Waals surface area contributed by atoms with E-state index in [0.29, 0.717) is 6.04 Å². The first kappa shape index (κ1) is 9.67. The van der Waals surface area contributed by atoms with Crippen LogP contribution in [0.5, 0.6) is 0 Å². The normalized spacial score (nSPS) is 19.4. The van der Waals surface area contributed by atoms with Crippen LogP contribution in [0.15, 0.2) is 48.7 Å². The summed E-state index contributed by atoms with van der Waals surface area (Å²) in [5.41, 5.74) is 2.81. The van der Waals surface area contributed by atoms with Crippen LogP contribution in [0.4, 0.5) is 0 Å². The fourth-order valence-electron chi connectivity index (χ4n) is 2.44. The highest BCUT2D eigenvalue weighted by molar-refractivity contribution is 5.21. The summed E-state index contributed by atoms with van der Waals surface area (Å²) in [6, 6.07) is 15.5. The van der Waals surface area contributed by atoms with Crippen LogP contribution in [0, 0.1) is 0 Å². The summed E-state index contributed by atoms with van der Waals surface area (Å²) < 4.78 is 2.35. The molecule has 0 unspecified atom stereocenters. The third-order valence-corrected chi connectivity index (χ3v) is 3.25. The van der Waals surface area contributed by atoms with Crippen LogP contribution < -0.4 is 5.32 Å². The van der Waals surface area contributed by atoms with Gasteiger partial charge in [0.2, 0.25) is 0 Å². The van der Waals surface area contributed by atoms with Crippen molar-refractivity contribution in [2.45, 2.75) is 19.0 Å². The molecule has 0 saturated heterocycles. The van der Waals surface area contributed by atoms with E-state index in [1.807, 2.05) is 0 Å². The van der Waals surface area contributed by atoms with E-state index in [1.54, 1.807) is 0 Å². The molecule has 2 aromatic rings. The Bertz CT molecular complexity index is 459. The van der Waals surface area contributed by atoms with E-state index in [4.69, 9.17) is 0 Å². The largest absolute Gasteiger partial charge is 0.349 e. The van der Waals surface area contributed by atoms with E-state index < -0.39 is 0 Å². The number of benzene rings is 1.